The summed E-state index contributed by atoms with van der Waals surface area (Å²) in [4.78, 5) is 24.7. The lowest BCUT2D eigenvalue weighted by molar-refractivity contribution is -0.0287. The molecule has 146 valence electrons. The van der Waals surface area contributed by atoms with Crippen LogP contribution >= 0.6 is 0 Å². The van der Waals surface area contributed by atoms with Gasteiger partial charge in [-0.3, -0.25) is 0 Å². The van der Waals surface area contributed by atoms with Gasteiger partial charge < -0.3 is 18.9 Å². The Morgan fingerprint density at radius 2 is 1.07 bits per heavy atom. The zero-order valence-corrected chi connectivity index (χ0v) is 15.8. The van der Waals surface area contributed by atoms with Gasteiger partial charge in [0.2, 0.25) is 0 Å². The van der Waals surface area contributed by atoms with Gasteiger partial charge in [0, 0.05) is 0 Å². The molecule has 28 heavy (non-hydrogen) atoms. The Hall–Kier alpha value is -2.70. The van der Waals surface area contributed by atoms with E-state index in [9.17, 15) is 9.59 Å². The van der Waals surface area contributed by atoms with Gasteiger partial charge in [0.05, 0.1) is 24.3 Å². The van der Waals surface area contributed by atoms with Crippen molar-refractivity contribution in [2.45, 2.75) is 38.3 Å². The summed E-state index contributed by atoms with van der Waals surface area (Å²) in [5.41, 5.74) is 3.10. The van der Waals surface area contributed by atoms with Crippen molar-refractivity contribution in [1.82, 2.24) is 0 Å². The molecule has 0 aromatic heterocycles. The van der Waals surface area contributed by atoms with Crippen LogP contribution in [0.2, 0.25) is 0 Å². The predicted molar refractivity (Wildman–Crippen MR) is 100 cm³/mol. The van der Waals surface area contributed by atoms with Crippen LogP contribution in [0.1, 0.15) is 31.8 Å². The number of hydrogen-bond acceptors (Lipinski definition) is 6. The minimum atomic E-state index is -0.526. The molecule has 0 amide bonds. The van der Waals surface area contributed by atoms with Gasteiger partial charge in [-0.15, -0.1) is 0 Å². The number of carbonyl (C=O) groups is 2. The Balaban J connectivity index is 1.36. The lowest BCUT2D eigenvalue weighted by atomic mass is 10.1. The van der Waals surface area contributed by atoms with Gasteiger partial charge in [-0.25, -0.2) is 9.59 Å². The Morgan fingerprint density at radius 1 is 0.714 bits per heavy atom. The Bertz CT molecular complexity index is 784. The molecule has 4 rings (SSSR count). The molecule has 2 aromatic carbocycles. The number of aryl methyl sites for hydroxylation is 2. The molecule has 0 N–H and O–H groups in total. The molecule has 2 saturated heterocycles. The van der Waals surface area contributed by atoms with E-state index in [0.717, 1.165) is 11.1 Å². The lowest BCUT2D eigenvalue weighted by Gasteiger charge is -2.17. The summed E-state index contributed by atoms with van der Waals surface area (Å²) in [5, 5.41) is 0. The zero-order valence-electron chi connectivity index (χ0n) is 15.8. The van der Waals surface area contributed by atoms with E-state index < -0.39 is 36.4 Å². The second-order valence-electron chi connectivity index (χ2n) is 7.22. The lowest BCUT2D eigenvalue weighted by Crippen LogP contribution is -2.36. The molecule has 0 aliphatic carbocycles. The van der Waals surface area contributed by atoms with Crippen molar-refractivity contribution in [3.8, 4) is 0 Å². The van der Waals surface area contributed by atoms with E-state index in [2.05, 4.69) is 0 Å². The van der Waals surface area contributed by atoms with Crippen LogP contribution in [0.4, 0.5) is 0 Å². The second kappa shape index (κ2) is 7.73. The van der Waals surface area contributed by atoms with Crippen LogP contribution < -0.4 is 0 Å². The maximum absolute atomic E-state index is 12.4. The Kier molecular flexibility index (Phi) is 5.15. The number of esters is 2. The number of hydrogen-bond donors (Lipinski definition) is 0. The average molecular weight is 382 g/mol. The van der Waals surface area contributed by atoms with Gasteiger partial charge in [-0.1, -0.05) is 35.4 Å². The average Bonchev–Trinajstić information content (AvgIpc) is 3.26. The van der Waals surface area contributed by atoms with Crippen molar-refractivity contribution in [2.75, 3.05) is 13.2 Å². The standard InChI is InChI=1S/C22H22O6/c1-13-3-7-15(8-4-13)21(23)27-17-11-25-20-18(12-26-19(17)20)28-22(24)16-9-5-14(2)6-10-16/h3-10,17-20H,11-12H2,1-2H3/t17-,18?,19?,20?/m0/s1. The second-order valence-corrected chi connectivity index (χ2v) is 7.22. The van der Waals surface area contributed by atoms with E-state index in [4.69, 9.17) is 18.9 Å². The first-order chi connectivity index (χ1) is 13.5. The van der Waals surface area contributed by atoms with Crippen LogP contribution in [0, 0.1) is 13.8 Å². The van der Waals surface area contributed by atoms with Gasteiger partial charge in [-0.2, -0.15) is 0 Å². The summed E-state index contributed by atoms with van der Waals surface area (Å²) in [6, 6.07) is 14.3. The molecular weight excluding hydrogens is 360 g/mol. The monoisotopic (exact) mass is 382 g/mol. The molecule has 0 spiro atoms. The molecule has 2 aliphatic rings. The van der Waals surface area contributed by atoms with Crippen LogP contribution in [0.25, 0.3) is 0 Å². The van der Waals surface area contributed by atoms with Crippen molar-refractivity contribution < 1.29 is 28.5 Å². The third kappa shape index (κ3) is 3.79. The van der Waals surface area contributed by atoms with Crippen LogP contribution in [0.3, 0.4) is 0 Å². The summed E-state index contributed by atoms with van der Waals surface area (Å²) in [6.07, 6.45) is -1.93. The fourth-order valence-electron chi connectivity index (χ4n) is 3.42. The molecule has 2 heterocycles. The van der Waals surface area contributed by atoms with Crippen molar-refractivity contribution in [3.05, 3.63) is 70.8 Å². The topological polar surface area (TPSA) is 71.1 Å². The van der Waals surface area contributed by atoms with E-state index in [1.165, 1.54) is 0 Å². The highest BCUT2D eigenvalue weighted by molar-refractivity contribution is 5.90. The molecule has 0 radical (unpaired) electrons. The van der Waals surface area contributed by atoms with Crippen LogP contribution in [-0.4, -0.2) is 49.6 Å². The number of ether oxygens (including phenoxy) is 4. The molecule has 4 atom stereocenters. The third-order valence-electron chi connectivity index (χ3n) is 5.05. The van der Waals surface area contributed by atoms with E-state index in [0.29, 0.717) is 11.1 Å². The molecule has 2 fully saturated rings. The Morgan fingerprint density at radius 3 is 1.43 bits per heavy atom. The number of fused-ring (bicyclic) bond motifs is 1. The summed E-state index contributed by atoms with van der Waals surface area (Å²) in [5.74, 6) is -0.837. The summed E-state index contributed by atoms with van der Waals surface area (Å²) < 4.78 is 22.6. The maximum Gasteiger partial charge on any atom is 0.338 e. The fourth-order valence-corrected chi connectivity index (χ4v) is 3.42. The minimum Gasteiger partial charge on any atom is -0.453 e. The van der Waals surface area contributed by atoms with Crippen molar-refractivity contribution in [2.24, 2.45) is 0 Å². The molecule has 2 aliphatic heterocycles. The Labute approximate surface area is 163 Å². The minimum absolute atomic E-state index is 0.214. The number of carbonyl (C=O) groups excluding carboxylic acids is 2. The normalized spacial score (nSPS) is 25.9. The van der Waals surface area contributed by atoms with Crippen LogP contribution in [-0.2, 0) is 18.9 Å². The van der Waals surface area contributed by atoms with Crippen LogP contribution in [0.15, 0.2) is 48.5 Å². The first-order valence-corrected chi connectivity index (χ1v) is 9.30. The highest BCUT2D eigenvalue weighted by Crippen LogP contribution is 2.31. The first-order valence-electron chi connectivity index (χ1n) is 9.30. The smallest absolute Gasteiger partial charge is 0.338 e. The maximum atomic E-state index is 12.4. The van der Waals surface area contributed by atoms with Crippen LogP contribution in [0.5, 0.6) is 0 Å². The molecule has 6 nitrogen and oxygen atoms in total. The van der Waals surface area contributed by atoms with Crippen molar-refractivity contribution in [3.63, 3.8) is 0 Å². The summed E-state index contributed by atoms with van der Waals surface area (Å²) in [7, 11) is 0. The van der Waals surface area contributed by atoms with Crippen molar-refractivity contribution in [1.29, 1.82) is 0 Å². The molecular formula is C22H22O6. The molecule has 3 unspecified atom stereocenters. The third-order valence-corrected chi connectivity index (χ3v) is 5.05. The van der Waals surface area contributed by atoms with Gasteiger partial charge in [0.15, 0.2) is 12.2 Å². The summed E-state index contributed by atoms with van der Waals surface area (Å²) >= 11 is 0. The molecule has 0 saturated carbocycles. The number of benzene rings is 2. The van der Waals surface area contributed by atoms with Gasteiger partial charge in [0.1, 0.15) is 12.2 Å². The molecule has 6 heteroatoms. The first kappa shape index (κ1) is 18.7. The van der Waals surface area contributed by atoms with Gasteiger partial charge in [-0.05, 0) is 38.1 Å². The highest BCUT2D eigenvalue weighted by atomic mass is 16.7. The number of rotatable bonds is 4. The van der Waals surface area contributed by atoms with E-state index in [-0.39, 0.29) is 13.2 Å². The predicted octanol–water partition coefficient (Wildman–Crippen LogP) is 2.85. The fraction of sp³-hybridized carbons (Fsp3) is 0.364. The molecule has 0 bridgehead atoms. The quantitative estimate of drug-likeness (QED) is 0.758. The van der Waals surface area contributed by atoms with Gasteiger partial charge in [0.25, 0.3) is 0 Å². The SMILES string of the molecule is Cc1ccc(C(=O)OC2COC3C2OC[C@@H]3OC(=O)c2ccc(C)cc2)cc1. The largest absolute Gasteiger partial charge is 0.453 e. The molecule has 2 aromatic rings. The summed E-state index contributed by atoms with van der Waals surface area (Å²) in [6.45, 7) is 4.33. The van der Waals surface area contributed by atoms with E-state index in [1.807, 2.05) is 38.1 Å². The van der Waals surface area contributed by atoms with Gasteiger partial charge >= 0.3 is 11.9 Å². The van der Waals surface area contributed by atoms with E-state index in [1.54, 1.807) is 24.3 Å². The van der Waals surface area contributed by atoms with Crippen molar-refractivity contribution >= 4 is 11.9 Å². The highest BCUT2D eigenvalue weighted by Gasteiger charge is 2.51. The van der Waals surface area contributed by atoms with E-state index >= 15 is 0 Å². The zero-order chi connectivity index (χ0) is 19.7.